The molecule has 0 saturated carbocycles. The SMILES string of the molecule is CN(CCC(=O)Nc1ccc(C(N)=O)cc1)Cc1cc(Br)cs1. The summed E-state index contributed by atoms with van der Waals surface area (Å²) in [5.74, 6) is -0.541. The van der Waals surface area contributed by atoms with Crippen LogP contribution in [0.1, 0.15) is 21.7 Å². The van der Waals surface area contributed by atoms with Crippen LogP contribution in [0.5, 0.6) is 0 Å². The first kappa shape index (κ1) is 17.7. The number of nitrogens with one attached hydrogen (secondary N) is 1. The summed E-state index contributed by atoms with van der Waals surface area (Å²) in [7, 11) is 1.99. The molecular weight excluding hydrogens is 378 g/mol. The van der Waals surface area contributed by atoms with E-state index >= 15 is 0 Å². The quantitative estimate of drug-likeness (QED) is 0.756. The summed E-state index contributed by atoms with van der Waals surface area (Å²) in [5.41, 5.74) is 6.26. The number of nitrogens with zero attached hydrogens (tertiary/aromatic N) is 1. The highest BCUT2D eigenvalue weighted by Gasteiger charge is 2.08. The van der Waals surface area contributed by atoms with Gasteiger partial charge in [0.25, 0.3) is 0 Å². The summed E-state index contributed by atoms with van der Waals surface area (Å²) in [6, 6.07) is 8.62. The summed E-state index contributed by atoms with van der Waals surface area (Å²) < 4.78 is 1.09. The van der Waals surface area contributed by atoms with Gasteiger partial charge in [0, 0.05) is 45.5 Å². The second kappa shape index (κ2) is 8.24. The number of hydrogen-bond acceptors (Lipinski definition) is 4. The van der Waals surface area contributed by atoms with Crippen LogP contribution in [0, 0.1) is 0 Å². The molecule has 1 aromatic heterocycles. The van der Waals surface area contributed by atoms with Crippen molar-refractivity contribution in [1.82, 2.24) is 4.90 Å². The normalized spacial score (nSPS) is 10.7. The van der Waals surface area contributed by atoms with Crippen molar-refractivity contribution < 1.29 is 9.59 Å². The van der Waals surface area contributed by atoms with Crippen molar-refractivity contribution in [2.75, 3.05) is 18.9 Å². The molecule has 7 heteroatoms. The summed E-state index contributed by atoms with van der Waals surface area (Å²) in [6.45, 7) is 1.48. The second-order valence-electron chi connectivity index (χ2n) is 5.21. The lowest BCUT2D eigenvalue weighted by atomic mass is 10.2. The molecule has 0 aliphatic rings. The summed E-state index contributed by atoms with van der Waals surface area (Å²) in [5, 5.41) is 4.86. The van der Waals surface area contributed by atoms with Gasteiger partial charge in [-0.05, 0) is 53.3 Å². The van der Waals surface area contributed by atoms with Crippen molar-refractivity contribution in [2.24, 2.45) is 5.73 Å². The van der Waals surface area contributed by atoms with E-state index in [2.05, 4.69) is 32.2 Å². The average molecular weight is 396 g/mol. The first-order valence-corrected chi connectivity index (χ1v) is 8.72. The van der Waals surface area contributed by atoms with Crippen LogP contribution >= 0.6 is 27.3 Å². The summed E-state index contributed by atoms with van der Waals surface area (Å²) in [4.78, 5) is 26.3. The van der Waals surface area contributed by atoms with Gasteiger partial charge in [0.2, 0.25) is 11.8 Å². The lowest BCUT2D eigenvalue weighted by molar-refractivity contribution is -0.116. The van der Waals surface area contributed by atoms with E-state index in [9.17, 15) is 9.59 Å². The molecule has 0 aliphatic heterocycles. The maximum atomic E-state index is 12.0. The van der Waals surface area contributed by atoms with E-state index in [1.54, 1.807) is 35.6 Å². The molecule has 5 nitrogen and oxygen atoms in total. The van der Waals surface area contributed by atoms with Gasteiger partial charge in [0.15, 0.2) is 0 Å². The molecule has 0 spiro atoms. The maximum Gasteiger partial charge on any atom is 0.248 e. The zero-order chi connectivity index (χ0) is 16.8. The third-order valence-corrected chi connectivity index (χ3v) is 4.90. The van der Waals surface area contributed by atoms with Crippen LogP contribution in [0.4, 0.5) is 5.69 Å². The molecule has 1 heterocycles. The van der Waals surface area contributed by atoms with E-state index < -0.39 is 5.91 Å². The molecule has 0 fully saturated rings. The number of carbonyl (C=O) groups excluding carboxylic acids is 2. The Labute approximate surface area is 147 Å². The van der Waals surface area contributed by atoms with Crippen molar-refractivity contribution in [3.05, 3.63) is 50.6 Å². The molecule has 23 heavy (non-hydrogen) atoms. The topological polar surface area (TPSA) is 75.4 Å². The van der Waals surface area contributed by atoms with Crippen molar-refractivity contribution >= 4 is 44.8 Å². The zero-order valence-electron chi connectivity index (χ0n) is 12.7. The molecular formula is C16H18BrN3O2S. The maximum absolute atomic E-state index is 12.0. The molecule has 2 amide bonds. The van der Waals surface area contributed by atoms with Crippen LogP contribution in [0.3, 0.4) is 0 Å². The van der Waals surface area contributed by atoms with Gasteiger partial charge < -0.3 is 16.0 Å². The first-order chi connectivity index (χ1) is 10.9. The van der Waals surface area contributed by atoms with E-state index in [1.807, 2.05) is 12.4 Å². The third-order valence-electron chi connectivity index (χ3n) is 3.22. The molecule has 0 radical (unpaired) electrons. The van der Waals surface area contributed by atoms with Gasteiger partial charge in [0.05, 0.1) is 0 Å². The number of thiophene rings is 1. The number of rotatable bonds is 7. The van der Waals surface area contributed by atoms with E-state index in [4.69, 9.17) is 5.73 Å². The number of anilines is 1. The fourth-order valence-electron chi connectivity index (χ4n) is 2.02. The largest absolute Gasteiger partial charge is 0.366 e. The van der Waals surface area contributed by atoms with Crippen LogP contribution in [-0.2, 0) is 11.3 Å². The van der Waals surface area contributed by atoms with Gasteiger partial charge >= 0.3 is 0 Å². The fraction of sp³-hybridized carbons (Fsp3) is 0.250. The first-order valence-electron chi connectivity index (χ1n) is 7.05. The standard InChI is InChI=1S/C16H18BrN3O2S/c1-20(9-14-8-12(17)10-23-14)7-6-15(21)19-13-4-2-11(3-5-13)16(18)22/h2-5,8,10H,6-7,9H2,1H3,(H2,18,22)(H,19,21). The third kappa shape index (κ3) is 5.78. The molecule has 0 atom stereocenters. The lowest BCUT2D eigenvalue weighted by Gasteiger charge is -2.15. The number of benzene rings is 1. The highest BCUT2D eigenvalue weighted by Crippen LogP contribution is 2.20. The molecule has 2 rings (SSSR count). The van der Waals surface area contributed by atoms with Crippen LogP contribution in [0.15, 0.2) is 40.2 Å². The molecule has 0 aliphatic carbocycles. The van der Waals surface area contributed by atoms with E-state index in [-0.39, 0.29) is 5.91 Å². The Balaban J connectivity index is 1.77. The second-order valence-corrected chi connectivity index (χ2v) is 7.12. The van der Waals surface area contributed by atoms with Gasteiger partial charge in [-0.25, -0.2) is 0 Å². The smallest absolute Gasteiger partial charge is 0.248 e. The van der Waals surface area contributed by atoms with Crippen molar-refractivity contribution in [3.63, 3.8) is 0 Å². The lowest BCUT2D eigenvalue weighted by Crippen LogP contribution is -2.23. The van der Waals surface area contributed by atoms with Gasteiger partial charge in [-0.1, -0.05) is 0 Å². The Morgan fingerprint density at radius 3 is 2.57 bits per heavy atom. The Kier molecular flexibility index (Phi) is 6.32. The Morgan fingerprint density at radius 2 is 2.00 bits per heavy atom. The number of nitrogens with two attached hydrogens (primary N) is 1. The van der Waals surface area contributed by atoms with Gasteiger partial charge in [-0.2, -0.15) is 0 Å². The predicted molar refractivity (Wildman–Crippen MR) is 96.6 cm³/mol. The van der Waals surface area contributed by atoms with Crippen LogP contribution < -0.4 is 11.1 Å². The van der Waals surface area contributed by atoms with Gasteiger partial charge in [-0.3, -0.25) is 9.59 Å². The molecule has 0 unspecified atom stereocenters. The van der Waals surface area contributed by atoms with Crippen LogP contribution in [0.25, 0.3) is 0 Å². The Hall–Kier alpha value is -1.70. The van der Waals surface area contributed by atoms with E-state index in [1.165, 1.54) is 4.88 Å². The molecule has 1 aromatic carbocycles. The fourth-order valence-corrected chi connectivity index (χ4v) is 3.55. The molecule has 3 N–H and O–H groups in total. The number of amides is 2. The minimum absolute atomic E-state index is 0.0592. The molecule has 2 aromatic rings. The van der Waals surface area contributed by atoms with Gasteiger partial charge in [0.1, 0.15) is 0 Å². The number of primary amides is 1. The summed E-state index contributed by atoms with van der Waals surface area (Å²) in [6.07, 6.45) is 0.403. The number of carbonyl (C=O) groups is 2. The monoisotopic (exact) mass is 395 g/mol. The van der Waals surface area contributed by atoms with E-state index in [0.717, 1.165) is 11.0 Å². The van der Waals surface area contributed by atoms with Crippen LogP contribution in [0.2, 0.25) is 0 Å². The Bertz CT molecular complexity index is 685. The van der Waals surface area contributed by atoms with Crippen molar-refractivity contribution in [3.8, 4) is 0 Å². The average Bonchev–Trinajstić information content (AvgIpc) is 2.91. The summed E-state index contributed by atoms with van der Waals surface area (Å²) >= 11 is 5.13. The minimum atomic E-state index is -0.482. The highest BCUT2D eigenvalue weighted by atomic mass is 79.9. The number of hydrogen-bond donors (Lipinski definition) is 2. The minimum Gasteiger partial charge on any atom is -0.366 e. The van der Waals surface area contributed by atoms with Crippen molar-refractivity contribution in [2.45, 2.75) is 13.0 Å². The molecule has 122 valence electrons. The van der Waals surface area contributed by atoms with Crippen molar-refractivity contribution in [1.29, 1.82) is 0 Å². The van der Waals surface area contributed by atoms with Crippen LogP contribution in [-0.4, -0.2) is 30.3 Å². The van der Waals surface area contributed by atoms with Gasteiger partial charge in [-0.15, -0.1) is 11.3 Å². The molecule has 0 bridgehead atoms. The highest BCUT2D eigenvalue weighted by molar-refractivity contribution is 9.10. The predicted octanol–water partition coefficient (Wildman–Crippen LogP) is 3.07. The zero-order valence-corrected chi connectivity index (χ0v) is 15.1. The Morgan fingerprint density at radius 1 is 1.30 bits per heavy atom. The number of halogens is 1. The van der Waals surface area contributed by atoms with E-state index in [0.29, 0.717) is 24.2 Å². The molecule has 0 saturated heterocycles.